The highest BCUT2D eigenvalue weighted by atomic mass is 19.1. The summed E-state index contributed by atoms with van der Waals surface area (Å²) in [4.78, 5) is 11.8. The van der Waals surface area contributed by atoms with Crippen LogP contribution in [-0.4, -0.2) is 22.8 Å². The van der Waals surface area contributed by atoms with Gasteiger partial charge in [-0.25, -0.2) is 4.39 Å². The van der Waals surface area contributed by atoms with Gasteiger partial charge in [0, 0.05) is 0 Å². The lowest BCUT2D eigenvalue weighted by Crippen LogP contribution is -2.22. The molecule has 0 spiro atoms. The average molecular weight is 342 g/mol. The SMILES string of the molecule is CCOC(=O)Cc1[nH]nc2c1[C@H](c1ccc(F)cc1)C(C#N)=C(N)O2. The van der Waals surface area contributed by atoms with Crippen LogP contribution in [-0.2, 0) is 16.0 Å². The van der Waals surface area contributed by atoms with Crippen molar-refractivity contribution in [3.63, 3.8) is 0 Å². The first kappa shape index (κ1) is 16.5. The Hall–Kier alpha value is -3.34. The van der Waals surface area contributed by atoms with Crippen molar-refractivity contribution < 1.29 is 18.7 Å². The quantitative estimate of drug-likeness (QED) is 0.820. The third kappa shape index (κ3) is 3.04. The molecule has 0 saturated carbocycles. The Labute approximate surface area is 142 Å². The summed E-state index contributed by atoms with van der Waals surface area (Å²) in [6, 6.07) is 7.73. The molecule has 1 aromatic carbocycles. The third-order valence-electron chi connectivity index (χ3n) is 3.85. The number of nitrogens with one attached hydrogen (secondary N) is 1. The van der Waals surface area contributed by atoms with Gasteiger partial charge in [-0.05, 0) is 24.6 Å². The van der Waals surface area contributed by atoms with Gasteiger partial charge < -0.3 is 15.2 Å². The van der Waals surface area contributed by atoms with Gasteiger partial charge in [0.05, 0.1) is 30.2 Å². The van der Waals surface area contributed by atoms with Crippen molar-refractivity contribution in [3.8, 4) is 11.9 Å². The second kappa shape index (κ2) is 6.65. The maximum atomic E-state index is 13.3. The highest BCUT2D eigenvalue weighted by molar-refractivity contribution is 5.73. The molecule has 2 aromatic rings. The zero-order valence-corrected chi connectivity index (χ0v) is 13.4. The van der Waals surface area contributed by atoms with Crippen molar-refractivity contribution in [1.29, 1.82) is 5.26 Å². The minimum absolute atomic E-state index is 0.0597. The summed E-state index contributed by atoms with van der Waals surface area (Å²) in [6.45, 7) is 1.96. The monoisotopic (exact) mass is 342 g/mol. The predicted molar refractivity (Wildman–Crippen MR) is 84.6 cm³/mol. The second-order valence-corrected chi connectivity index (χ2v) is 5.38. The summed E-state index contributed by atoms with van der Waals surface area (Å²) in [5.74, 6) is -1.33. The zero-order chi connectivity index (χ0) is 18.0. The van der Waals surface area contributed by atoms with Crippen LogP contribution in [0.4, 0.5) is 4.39 Å². The Kier molecular flexibility index (Phi) is 4.39. The van der Waals surface area contributed by atoms with Gasteiger partial charge in [0.1, 0.15) is 17.5 Å². The number of nitriles is 1. The number of carbonyl (C=O) groups excluding carboxylic acids is 1. The van der Waals surface area contributed by atoms with E-state index in [-0.39, 0.29) is 30.4 Å². The molecule has 1 aromatic heterocycles. The van der Waals surface area contributed by atoms with Crippen molar-refractivity contribution in [2.45, 2.75) is 19.3 Å². The van der Waals surface area contributed by atoms with Crippen molar-refractivity contribution in [2.75, 3.05) is 6.61 Å². The van der Waals surface area contributed by atoms with Gasteiger partial charge in [0.15, 0.2) is 0 Å². The lowest BCUT2D eigenvalue weighted by atomic mass is 9.83. The van der Waals surface area contributed by atoms with Gasteiger partial charge in [-0.3, -0.25) is 9.89 Å². The summed E-state index contributed by atoms with van der Waals surface area (Å²) >= 11 is 0. The molecular weight excluding hydrogens is 327 g/mol. The number of H-pyrrole nitrogens is 1. The third-order valence-corrected chi connectivity index (χ3v) is 3.85. The lowest BCUT2D eigenvalue weighted by Gasteiger charge is -2.24. The molecule has 8 heteroatoms. The van der Waals surface area contributed by atoms with Crippen molar-refractivity contribution >= 4 is 5.97 Å². The number of carbonyl (C=O) groups is 1. The maximum Gasteiger partial charge on any atom is 0.311 e. The first-order chi connectivity index (χ1) is 12.0. The standard InChI is InChI=1S/C17H15FN4O3/c1-2-24-13(23)7-12-15-14(9-3-5-10(18)6-4-9)11(8-19)16(20)25-17(15)22-21-12/h3-6,14H,2,7,20H2,1H3,(H,21,22)/t14-/m1/s1. The number of nitrogens with zero attached hydrogens (tertiary/aromatic N) is 2. The van der Waals surface area contributed by atoms with E-state index in [0.29, 0.717) is 16.8 Å². The lowest BCUT2D eigenvalue weighted by molar-refractivity contribution is -0.142. The smallest absolute Gasteiger partial charge is 0.311 e. The fourth-order valence-corrected chi connectivity index (χ4v) is 2.79. The fraction of sp³-hybridized carbons (Fsp3) is 0.235. The van der Waals surface area contributed by atoms with Gasteiger partial charge in [-0.15, -0.1) is 5.10 Å². The number of halogens is 1. The number of benzene rings is 1. The number of nitrogens with two attached hydrogens (primary N) is 1. The molecule has 0 radical (unpaired) electrons. The van der Waals surface area contributed by atoms with Gasteiger partial charge in [0.2, 0.25) is 11.8 Å². The van der Waals surface area contributed by atoms with Crippen LogP contribution in [0.15, 0.2) is 35.7 Å². The van der Waals surface area contributed by atoms with E-state index in [2.05, 4.69) is 10.2 Å². The normalized spacial score (nSPS) is 16.0. The van der Waals surface area contributed by atoms with Crippen LogP contribution in [0.2, 0.25) is 0 Å². The van der Waals surface area contributed by atoms with Crippen LogP contribution in [0.25, 0.3) is 0 Å². The first-order valence-corrected chi connectivity index (χ1v) is 7.61. The summed E-state index contributed by atoms with van der Waals surface area (Å²) in [7, 11) is 0. The number of hydrogen-bond donors (Lipinski definition) is 2. The van der Waals surface area contributed by atoms with E-state index in [1.54, 1.807) is 19.1 Å². The number of aromatic amines is 1. The predicted octanol–water partition coefficient (Wildman–Crippen LogP) is 1.87. The van der Waals surface area contributed by atoms with E-state index < -0.39 is 17.7 Å². The Morgan fingerprint density at radius 3 is 2.84 bits per heavy atom. The number of rotatable bonds is 4. The molecule has 0 unspecified atom stereocenters. The van der Waals surface area contributed by atoms with Crippen LogP contribution >= 0.6 is 0 Å². The maximum absolute atomic E-state index is 13.3. The zero-order valence-electron chi connectivity index (χ0n) is 13.4. The molecule has 1 atom stereocenters. The molecule has 1 aliphatic heterocycles. The highest BCUT2D eigenvalue weighted by Gasteiger charge is 2.35. The van der Waals surface area contributed by atoms with Gasteiger partial charge in [-0.2, -0.15) is 5.26 Å². The van der Waals surface area contributed by atoms with Gasteiger partial charge in [0.25, 0.3) is 0 Å². The average Bonchev–Trinajstić information content (AvgIpc) is 2.97. The van der Waals surface area contributed by atoms with Crippen LogP contribution in [0, 0.1) is 17.1 Å². The fourth-order valence-electron chi connectivity index (χ4n) is 2.79. The Morgan fingerprint density at radius 1 is 1.48 bits per heavy atom. The summed E-state index contributed by atoms with van der Waals surface area (Å²) in [5.41, 5.74) is 7.62. The van der Waals surface area contributed by atoms with Crippen LogP contribution in [0.1, 0.15) is 29.7 Å². The molecule has 7 nitrogen and oxygen atoms in total. The van der Waals surface area contributed by atoms with E-state index in [0.717, 1.165) is 0 Å². The number of esters is 1. The Balaban J connectivity index is 2.10. The number of fused-ring (bicyclic) bond motifs is 1. The van der Waals surface area contributed by atoms with Crippen molar-refractivity contribution in [3.05, 3.63) is 58.4 Å². The molecule has 0 saturated heterocycles. The second-order valence-electron chi connectivity index (χ2n) is 5.38. The van der Waals surface area contributed by atoms with E-state index >= 15 is 0 Å². The first-order valence-electron chi connectivity index (χ1n) is 7.61. The molecule has 25 heavy (non-hydrogen) atoms. The number of aromatic nitrogens is 2. The van der Waals surface area contributed by atoms with Gasteiger partial charge in [-0.1, -0.05) is 12.1 Å². The number of allylic oxidation sites excluding steroid dienone is 1. The molecule has 3 rings (SSSR count). The largest absolute Gasteiger partial charge is 0.466 e. The Morgan fingerprint density at radius 2 is 2.20 bits per heavy atom. The summed E-state index contributed by atoms with van der Waals surface area (Å²) in [6.07, 6.45) is -0.0597. The molecule has 0 amide bonds. The highest BCUT2D eigenvalue weighted by Crippen LogP contribution is 2.42. The molecule has 0 bridgehead atoms. The van der Waals surface area contributed by atoms with Crippen LogP contribution in [0.5, 0.6) is 5.88 Å². The molecule has 0 aliphatic carbocycles. The van der Waals surface area contributed by atoms with E-state index in [4.69, 9.17) is 15.2 Å². The summed E-state index contributed by atoms with van der Waals surface area (Å²) in [5, 5.41) is 16.3. The van der Waals surface area contributed by atoms with Crippen molar-refractivity contribution in [2.24, 2.45) is 5.73 Å². The summed E-state index contributed by atoms with van der Waals surface area (Å²) < 4.78 is 23.6. The van der Waals surface area contributed by atoms with E-state index in [1.807, 2.05) is 6.07 Å². The van der Waals surface area contributed by atoms with E-state index in [1.165, 1.54) is 12.1 Å². The molecule has 128 valence electrons. The molecular formula is C17H15FN4O3. The minimum atomic E-state index is -0.613. The molecule has 0 fully saturated rings. The topological polar surface area (TPSA) is 114 Å². The Bertz CT molecular complexity index is 880. The molecule has 3 N–H and O–H groups in total. The number of ether oxygens (including phenoxy) is 2. The van der Waals surface area contributed by atoms with Crippen LogP contribution in [0.3, 0.4) is 0 Å². The minimum Gasteiger partial charge on any atom is -0.466 e. The number of hydrogen-bond acceptors (Lipinski definition) is 6. The van der Waals surface area contributed by atoms with Crippen LogP contribution < -0.4 is 10.5 Å². The molecule has 1 aliphatic rings. The van der Waals surface area contributed by atoms with Crippen molar-refractivity contribution in [1.82, 2.24) is 10.2 Å². The van der Waals surface area contributed by atoms with Gasteiger partial charge >= 0.3 is 5.97 Å². The molecule has 2 heterocycles. The van der Waals surface area contributed by atoms with E-state index in [9.17, 15) is 14.4 Å².